The van der Waals surface area contributed by atoms with Crippen LogP contribution in [0.3, 0.4) is 0 Å². The number of thioether (sulfide) groups is 1. The maximum absolute atomic E-state index is 11.4. The summed E-state index contributed by atoms with van der Waals surface area (Å²) in [6.07, 6.45) is 0. The van der Waals surface area contributed by atoms with Gasteiger partial charge in [0, 0.05) is 11.1 Å². The molecule has 2 aromatic carbocycles. The Labute approximate surface area is 165 Å². The van der Waals surface area contributed by atoms with Gasteiger partial charge < -0.3 is 9.84 Å². The van der Waals surface area contributed by atoms with Gasteiger partial charge in [-0.3, -0.25) is 4.79 Å². The van der Waals surface area contributed by atoms with E-state index in [0.29, 0.717) is 27.9 Å². The first-order valence-corrected chi connectivity index (χ1v) is 9.45. The van der Waals surface area contributed by atoms with Gasteiger partial charge in [-0.2, -0.15) is 9.50 Å². The number of nitrogens with zero attached hydrogens (tertiary/aromatic N) is 4. The van der Waals surface area contributed by atoms with E-state index in [2.05, 4.69) is 19.8 Å². The third-order valence-corrected chi connectivity index (χ3v) is 4.90. The molecule has 0 saturated carbocycles. The highest BCUT2D eigenvalue weighted by molar-refractivity contribution is 7.99. The zero-order valence-corrected chi connectivity index (χ0v) is 15.8. The summed E-state index contributed by atoms with van der Waals surface area (Å²) >= 11 is 1.17. The fourth-order valence-corrected chi connectivity index (χ4v) is 3.38. The third-order valence-electron chi connectivity index (χ3n) is 4.09. The molecular weight excluding hydrogens is 376 g/mol. The molecule has 140 valence electrons. The van der Waals surface area contributed by atoms with E-state index in [4.69, 9.17) is 0 Å². The molecule has 1 N–H and O–H groups in total. The molecular formula is C20H16N4O3S. The summed E-state index contributed by atoms with van der Waals surface area (Å²) in [6, 6.07) is 18.6. The lowest BCUT2D eigenvalue weighted by molar-refractivity contribution is -0.137. The topological polar surface area (TPSA) is 89.6 Å². The number of hydrogen-bond acceptors (Lipinski definition) is 7. The van der Waals surface area contributed by atoms with Crippen molar-refractivity contribution in [1.82, 2.24) is 19.6 Å². The summed E-state index contributed by atoms with van der Waals surface area (Å²) in [5.74, 6) is 0.258. The molecule has 0 aliphatic carbocycles. The van der Waals surface area contributed by atoms with E-state index >= 15 is 0 Å². The Balaban J connectivity index is 1.87. The zero-order valence-electron chi connectivity index (χ0n) is 14.9. The summed E-state index contributed by atoms with van der Waals surface area (Å²) < 4.78 is 6.23. The van der Waals surface area contributed by atoms with Gasteiger partial charge >= 0.3 is 5.97 Å². The first-order chi connectivity index (χ1) is 13.7. The Bertz CT molecular complexity index is 1140. The van der Waals surface area contributed by atoms with Crippen molar-refractivity contribution in [3.05, 3.63) is 60.7 Å². The molecule has 0 unspecified atom stereocenters. The number of benzene rings is 2. The second-order valence-electron chi connectivity index (χ2n) is 5.88. The minimum Gasteiger partial charge on any atom is -0.507 e. The summed E-state index contributed by atoms with van der Waals surface area (Å²) in [6.45, 7) is 0. The molecule has 7 nitrogen and oxygen atoms in total. The predicted octanol–water partition coefficient (Wildman–Crippen LogP) is 3.43. The van der Waals surface area contributed by atoms with Crippen LogP contribution in [0.2, 0.25) is 0 Å². The van der Waals surface area contributed by atoms with Crippen LogP contribution in [0, 0.1) is 0 Å². The van der Waals surface area contributed by atoms with Crippen molar-refractivity contribution in [1.29, 1.82) is 0 Å². The van der Waals surface area contributed by atoms with E-state index in [1.807, 2.05) is 48.5 Å². The maximum atomic E-state index is 11.4. The van der Waals surface area contributed by atoms with Gasteiger partial charge in [0.1, 0.15) is 5.75 Å². The number of methoxy groups -OCH3 is 1. The van der Waals surface area contributed by atoms with Crippen LogP contribution in [-0.4, -0.2) is 43.5 Å². The quantitative estimate of drug-likeness (QED) is 0.411. The molecule has 2 heterocycles. The van der Waals surface area contributed by atoms with E-state index in [9.17, 15) is 9.90 Å². The summed E-state index contributed by atoms with van der Waals surface area (Å²) in [7, 11) is 1.34. The van der Waals surface area contributed by atoms with Crippen LogP contribution in [0.15, 0.2) is 65.8 Å². The van der Waals surface area contributed by atoms with Crippen LogP contribution in [0.4, 0.5) is 0 Å². The van der Waals surface area contributed by atoms with Crippen molar-refractivity contribution in [2.24, 2.45) is 0 Å². The first-order valence-electron chi connectivity index (χ1n) is 8.47. The van der Waals surface area contributed by atoms with Gasteiger partial charge in [0.25, 0.3) is 5.78 Å². The first kappa shape index (κ1) is 18.0. The molecule has 0 aliphatic heterocycles. The molecule has 0 atom stereocenters. The summed E-state index contributed by atoms with van der Waals surface area (Å²) in [4.78, 5) is 20.5. The number of hydrogen-bond donors (Lipinski definition) is 1. The molecule has 0 spiro atoms. The van der Waals surface area contributed by atoms with Crippen LogP contribution >= 0.6 is 11.8 Å². The molecule has 28 heavy (non-hydrogen) atoms. The van der Waals surface area contributed by atoms with Crippen LogP contribution in [0.1, 0.15) is 0 Å². The fraction of sp³-hybridized carbons (Fsp3) is 0.100. The number of para-hydroxylation sites is 1. The number of phenols is 1. The number of carbonyl (C=O) groups is 1. The number of carbonyl (C=O) groups excluding carboxylic acids is 1. The number of aromatic nitrogens is 4. The molecule has 0 aliphatic rings. The summed E-state index contributed by atoms with van der Waals surface area (Å²) in [5.41, 5.74) is 2.90. The molecule has 0 radical (unpaired) electrons. The van der Waals surface area contributed by atoms with Gasteiger partial charge in [-0.25, -0.2) is 4.98 Å². The van der Waals surface area contributed by atoms with Gasteiger partial charge in [0.2, 0.25) is 5.16 Å². The number of rotatable bonds is 5. The lowest BCUT2D eigenvalue weighted by Crippen LogP contribution is -2.03. The minimum absolute atomic E-state index is 0.102. The molecule has 4 rings (SSSR count). The highest BCUT2D eigenvalue weighted by Crippen LogP contribution is 2.32. The molecule has 0 fully saturated rings. The van der Waals surface area contributed by atoms with E-state index < -0.39 is 0 Å². The van der Waals surface area contributed by atoms with Gasteiger partial charge in [0.05, 0.1) is 24.3 Å². The van der Waals surface area contributed by atoms with Crippen molar-refractivity contribution < 1.29 is 14.6 Å². The van der Waals surface area contributed by atoms with Gasteiger partial charge in [0.15, 0.2) is 0 Å². The Kier molecular flexibility index (Phi) is 4.94. The SMILES string of the molecule is COC(=O)CSc1nc2nc(-c3ccccc3)cc(-c3ccccc3O)n2n1. The molecule has 0 amide bonds. The standard InChI is InChI=1S/C20H16N4O3S/c1-27-18(26)12-28-20-22-19-21-15(13-7-3-2-4-8-13)11-16(24(19)23-20)14-9-5-6-10-17(14)25/h2-11,25H,12H2,1H3. The fourth-order valence-electron chi connectivity index (χ4n) is 2.73. The number of fused-ring (bicyclic) bond motifs is 1. The van der Waals surface area contributed by atoms with E-state index in [-0.39, 0.29) is 17.5 Å². The molecule has 8 heteroatoms. The largest absolute Gasteiger partial charge is 0.507 e. The van der Waals surface area contributed by atoms with Crippen molar-refractivity contribution in [2.75, 3.05) is 12.9 Å². The Morgan fingerprint density at radius 1 is 1.11 bits per heavy atom. The van der Waals surface area contributed by atoms with Crippen molar-refractivity contribution >= 4 is 23.5 Å². The van der Waals surface area contributed by atoms with Gasteiger partial charge in [-0.15, -0.1) is 5.10 Å². The van der Waals surface area contributed by atoms with E-state index in [0.717, 1.165) is 5.56 Å². The lowest BCUT2D eigenvalue weighted by Gasteiger charge is -2.09. The van der Waals surface area contributed by atoms with Crippen molar-refractivity contribution in [2.45, 2.75) is 5.16 Å². The Morgan fingerprint density at radius 2 is 1.86 bits per heavy atom. The van der Waals surface area contributed by atoms with E-state index in [1.54, 1.807) is 16.6 Å². The van der Waals surface area contributed by atoms with Crippen molar-refractivity contribution in [3.8, 4) is 28.3 Å². The number of esters is 1. The van der Waals surface area contributed by atoms with Crippen LogP contribution in [-0.2, 0) is 9.53 Å². The third kappa shape index (κ3) is 3.54. The van der Waals surface area contributed by atoms with Gasteiger partial charge in [-0.05, 0) is 18.2 Å². The van der Waals surface area contributed by atoms with Crippen LogP contribution < -0.4 is 0 Å². The van der Waals surface area contributed by atoms with Gasteiger partial charge in [-0.1, -0.05) is 54.2 Å². The van der Waals surface area contributed by atoms with Crippen LogP contribution in [0.25, 0.3) is 28.3 Å². The average Bonchev–Trinajstić information content (AvgIpc) is 3.15. The number of aromatic hydroxyl groups is 1. The van der Waals surface area contributed by atoms with Crippen LogP contribution in [0.5, 0.6) is 5.75 Å². The predicted molar refractivity (Wildman–Crippen MR) is 106 cm³/mol. The van der Waals surface area contributed by atoms with Crippen molar-refractivity contribution in [3.63, 3.8) is 0 Å². The minimum atomic E-state index is -0.359. The summed E-state index contributed by atoms with van der Waals surface area (Å²) in [5, 5.41) is 15.2. The average molecular weight is 392 g/mol. The number of ether oxygens (including phenoxy) is 1. The normalized spacial score (nSPS) is 10.9. The second kappa shape index (κ2) is 7.69. The highest BCUT2D eigenvalue weighted by atomic mass is 32.2. The monoisotopic (exact) mass is 392 g/mol. The Hall–Kier alpha value is -3.39. The Morgan fingerprint density at radius 3 is 2.61 bits per heavy atom. The number of phenolic OH excluding ortho intramolecular Hbond substituents is 1. The molecule has 0 bridgehead atoms. The molecule has 0 saturated heterocycles. The molecule has 4 aromatic rings. The highest BCUT2D eigenvalue weighted by Gasteiger charge is 2.16. The second-order valence-corrected chi connectivity index (χ2v) is 6.82. The van der Waals surface area contributed by atoms with E-state index in [1.165, 1.54) is 18.9 Å². The lowest BCUT2D eigenvalue weighted by atomic mass is 10.1. The molecule has 2 aromatic heterocycles. The maximum Gasteiger partial charge on any atom is 0.316 e. The smallest absolute Gasteiger partial charge is 0.316 e. The zero-order chi connectivity index (χ0) is 19.5.